The average molecular weight is 208 g/mol. The van der Waals surface area contributed by atoms with E-state index in [0.29, 0.717) is 11.4 Å². The molecule has 1 rings (SSSR count). The first-order valence-electron chi connectivity index (χ1n) is 4.40. The van der Waals surface area contributed by atoms with E-state index >= 15 is 0 Å². The van der Waals surface area contributed by atoms with Crippen LogP contribution in [0.5, 0.6) is 0 Å². The number of nitrogens with one attached hydrogen (secondary N) is 2. The van der Waals surface area contributed by atoms with E-state index in [-0.39, 0.29) is 5.91 Å². The van der Waals surface area contributed by atoms with Gasteiger partial charge in [0.1, 0.15) is 6.61 Å². The number of hydrogen-bond acceptors (Lipinski definition) is 3. The van der Waals surface area contributed by atoms with Crippen LogP contribution >= 0.6 is 0 Å². The minimum absolute atomic E-state index is 0.151. The molecule has 0 aliphatic heterocycles. The quantitative estimate of drug-likeness (QED) is 0.679. The van der Waals surface area contributed by atoms with Gasteiger partial charge in [0, 0.05) is 18.3 Å². The Kier molecular flexibility index (Phi) is 3.82. The zero-order valence-electron chi connectivity index (χ0n) is 8.28. The molecule has 0 aliphatic carbocycles. The van der Waals surface area contributed by atoms with Gasteiger partial charge in [0.15, 0.2) is 0 Å². The van der Waals surface area contributed by atoms with Gasteiger partial charge in [0.25, 0.3) is 0 Å². The van der Waals surface area contributed by atoms with E-state index in [1.54, 1.807) is 24.3 Å². The fourth-order valence-electron chi connectivity index (χ4n) is 1.04. The number of aliphatic hydroxyl groups is 1. The Balaban J connectivity index is 2.64. The van der Waals surface area contributed by atoms with Crippen molar-refractivity contribution in [3.8, 4) is 0 Å². The number of carbonyl (C=O) groups is 2. The summed E-state index contributed by atoms with van der Waals surface area (Å²) in [4.78, 5) is 21.5. The summed E-state index contributed by atoms with van der Waals surface area (Å²) >= 11 is 0. The number of rotatable bonds is 3. The molecule has 5 nitrogen and oxygen atoms in total. The molecule has 0 unspecified atom stereocenters. The fraction of sp³-hybridized carbons (Fsp3) is 0.200. The molecule has 0 fully saturated rings. The highest BCUT2D eigenvalue weighted by Gasteiger charge is 2.00. The molecule has 1 aromatic rings. The van der Waals surface area contributed by atoms with Gasteiger partial charge < -0.3 is 15.7 Å². The van der Waals surface area contributed by atoms with Gasteiger partial charge in [0.2, 0.25) is 11.8 Å². The summed E-state index contributed by atoms with van der Waals surface area (Å²) in [6.45, 7) is 0.870. The number of aliphatic hydroxyl groups excluding tert-OH is 1. The Morgan fingerprint density at radius 1 is 1.13 bits per heavy atom. The van der Waals surface area contributed by atoms with Gasteiger partial charge in [-0.15, -0.1) is 0 Å². The number of carbonyl (C=O) groups excluding carboxylic acids is 2. The standard InChI is InChI=1S/C10H12N2O3/c1-7(14)11-8-2-4-9(5-3-8)12-10(15)6-13/h2-5,13H,6H2,1H3,(H,11,14)(H,12,15). The third-order valence-corrected chi connectivity index (χ3v) is 1.63. The Labute approximate surface area is 87.1 Å². The molecule has 0 aromatic heterocycles. The summed E-state index contributed by atoms with van der Waals surface area (Å²) in [5, 5.41) is 13.6. The van der Waals surface area contributed by atoms with Gasteiger partial charge in [-0.25, -0.2) is 0 Å². The molecule has 3 N–H and O–H groups in total. The van der Waals surface area contributed by atoms with Crippen molar-refractivity contribution in [1.82, 2.24) is 0 Å². The maximum absolute atomic E-state index is 10.8. The topological polar surface area (TPSA) is 78.4 Å². The highest BCUT2D eigenvalue weighted by atomic mass is 16.3. The van der Waals surface area contributed by atoms with Crippen LogP contribution in [0.25, 0.3) is 0 Å². The molecular formula is C10H12N2O3. The third-order valence-electron chi connectivity index (χ3n) is 1.63. The zero-order valence-corrected chi connectivity index (χ0v) is 8.28. The van der Waals surface area contributed by atoms with Crippen LogP contribution in [0.4, 0.5) is 11.4 Å². The predicted molar refractivity (Wildman–Crippen MR) is 56.5 cm³/mol. The van der Waals surface area contributed by atoms with Gasteiger partial charge in [-0.05, 0) is 24.3 Å². The van der Waals surface area contributed by atoms with E-state index in [0.717, 1.165) is 0 Å². The highest BCUT2D eigenvalue weighted by molar-refractivity contribution is 5.92. The lowest BCUT2D eigenvalue weighted by molar-refractivity contribution is -0.118. The normalized spacial score (nSPS) is 9.47. The van der Waals surface area contributed by atoms with Crippen LogP contribution in [0.3, 0.4) is 0 Å². The molecule has 0 saturated heterocycles. The minimum Gasteiger partial charge on any atom is -0.387 e. The van der Waals surface area contributed by atoms with Crippen LogP contribution in [0.2, 0.25) is 0 Å². The lowest BCUT2D eigenvalue weighted by atomic mass is 10.2. The van der Waals surface area contributed by atoms with Crippen molar-refractivity contribution in [2.45, 2.75) is 6.92 Å². The zero-order chi connectivity index (χ0) is 11.3. The number of hydrogen-bond donors (Lipinski definition) is 3. The van der Waals surface area contributed by atoms with Crippen molar-refractivity contribution in [1.29, 1.82) is 0 Å². The molecule has 0 heterocycles. The van der Waals surface area contributed by atoms with Crippen LogP contribution in [-0.4, -0.2) is 23.5 Å². The molecule has 0 atom stereocenters. The summed E-state index contributed by atoms with van der Waals surface area (Å²) in [6, 6.07) is 6.60. The van der Waals surface area contributed by atoms with E-state index in [1.807, 2.05) is 0 Å². The monoisotopic (exact) mass is 208 g/mol. The smallest absolute Gasteiger partial charge is 0.250 e. The maximum Gasteiger partial charge on any atom is 0.250 e. The largest absolute Gasteiger partial charge is 0.387 e. The van der Waals surface area contributed by atoms with Crippen LogP contribution in [0, 0.1) is 0 Å². The second-order valence-electron chi connectivity index (χ2n) is 2.96. The first-order valence-corrected chi connectivity index (χ1v) is 4.40. The van der Waals surface area contributed by atoms with Gasteiger partial charge in [0.05, 0.1) is 0 Å². The molecule has 0 saturated carbocycles. The van der Waals surface area contributed by atoms with E-state index in [1.165, 1.54) is 6.92 Å². The lowest BCUT2D eigenvalue weighted by Crippen LogP contribution is -2.15. The molecule has 0 bridgehead atoms. The van der Waals surface area contributed by atoms with Gasteiger partial charge >= 0.3 is 0 Å². The molecule has 0 radical (unpaired) electrons. The van der Waals surface area contributed by atoms with E-state index in [4.69, 9.17) is 5.11 Å². The van der Waals surface area contributed by atoms with E-state index in [9.17, 15) is 9.59 Å². The van der Waals surface area contributed by atoms with Crippen LogP contribution in [0.15, 0.2) is 24.3 Å². The molecule has 0 aliphatic rings. The van der Waals surface area contributed by atoms with Crippen molar-refractivity contribution in [2.24, 2.45) is 0 Å². The number of benzene rings is 1. The minimum atomic E-state index is -0.548. The second-order valence-corrected chi connectivity index (χ2v) is 2.96. The van der Waals surface area contributed by atoms with Crippen molar-refractivity contribution in [3.63, 3.8) is 0 Å². The van der Waals surface area contributed by atoms with Crippen molar-refractivity contribution in [3.05, 3.63) is 24.3 Å². The molecule has 0 spiro atoms. The fourth-order valence-corrected chi connectivity index (χ4v) is 1.04. The van der Waals surface area contributed by atoms with Crippen LogP contribution < -0.4 is 10.6 Å². The first-order chi connectivity index (χ1) is 7.11. The molecule has 2 amide bonds. The molecule has 80 valence electrons. The molecule has 1 aromatic carbocycles. The number of anilines is 2. The van der Waals surface area contributed by atoms with Crippen LogP contribution in [-0.2, 0) is 9.59 Å². The molecule has 5 heteroatoms. The lowest BCUT2D eigenvalue weighted by Gasteiger charge is -2.05. The average Bonchev–Trinajstić information content (AvgIpc) is 2.20. The Bertz CT molecular complexity index is 359. The van der Waals surface area contributed by atoms with Crippen molar-refractivity contribution < 1.29 is 14.7 Å². The van der Waals surface area contributed by atoms with Crippen molar-refractivity contribution >= 4 is 23.2 Å². The van der Waals surface area contributed by atoms with E-state index < -0.39 is 12.5 Å². The van der Waals surface area contributed by atoms with Gasteiger partial charge in [-0.3, -0.25) is 9.59 Å². The number of amides is 2. The predicted octanol–water partition coefficient (Wildman–Crippen LogP) is 0.576. The highest BCUT2D eigenvalue weighted by Crippen LogP contribution is 2.13. The Hall–Kier alpha value is -1.88. The summed E-state index contributed by atoms with van der Waals surface area (Å²) in [7, 11) is 0. The maximum atomic E-state index is 10.8. The van der Waals surface area contributed by atoms with Gasteiger partial charge in [-0.1, -0.05) is 0 Å². The molecule has 15 heavy (non-hydrogen) atoms. The Morgan fingerprint density at radius 2 is 1.60 bits per heavy atom. The summed E-state index contributed by atoms with van der Waals surface area (Å²) in [6.07, 6.45) is 0. The SMILES string of the molecule is CC(=O)Nc1ccc(NC(=O)CO)cc1. The van der Waals surface area contributed by atoms with Gasteiger partial charge in [-0.2, -0.15) is 0 Å². The van der Waals surface area contributed by atoms with Crippen molar-refractivity contribution in [2.75, 3.05) is 17.2 Å². The Morgan fingerprint density at radius 3 is 2.00 bits per heavy atom. The third kappa shape index (κ3) is 3.78. The van der Waals surface area contributed by atoms with E-state index in [2.05, 4.69) is 10.6 Å². The van der Waals surface area contributed by atoms with Crippen LogP contribution in [0.1, 0.15) is 6.92 Å². The summed E-state index contributed by atoms with van der Waals surface area (Å²) in [5.41, 5.74) is 1.23. The second kappa shape index (κ2) is 5.11. The summed E-state index contributed by atoms with van der Waals surface area (Å²) in [5.74, 6) is -0.621. The first kappa shape index (κ1) is 11.2. The summed E-state index contributed by atoms with van der Waals surface area (Å²) < 4.78 is 0. The molecular weight excluding hydrogens is 196 g/mol.